The maximum absolute atomic E-state index is 13.5. The van der Waals surface area contributed by atoms with Gasteiger partial charge in [-0.25, -0.2) is 13.2 Å². The molecule has 0 spiro atoms. The van der Waals surface area contributed by atoms with E-state index < -0.39 is 34.4 Å². The molecule has 3 N–H and O–H groups in total. The maximum atomic E-state index is 13.5. The summed E-state index contributed by atoms with van der Waals surface area (Å²) in [5.41, 5.74) is 0.858. The predicted molar refractivity (Wildman–Crippen MR) is 139 cm³/mol. The Morgan fingerprint density at radius 2 is 1.89 bits per heavy atom. The number of phenols is 1. The topological polar surface area (TPSA) is 135 Å². The lowest BCUT2D eigenvalue weighted by atomic mass is 10.0. The summed E-state index contributed by atoms with van der Waals surface area (Å²) in [6.07, 6.45) is -1.80. The fourth-order valence-corrected chi connectivity index (χ4v) is 6.49. The number of aromatic hydroxyl groups is 1. The Bertz CT molecular complexity index is 1180. The maximum Gasteiger partial charge on any atom is 0.407 e. The molecule has 4 rings (SSSR count). The zero-order valence-electron chi connectivity index (χ0n) is 21.6. The van der Waals surface area contributed by atoms with E-state index >= 15 is 0 Å². The minimum atomic E-state index is -4.04. The number of amides is 1. The molecule has 2 unspecified atom stereocenters. The van der Waals surface area contributed by atoms with Gasteiger partial charge in [-0.05, 0) is 42.5 Å². The molecular formula is C27H36N2O8S. The number of aliphatic hydroxyl groups is 1. The largest absolute Gasteiger partial charge is 0.508 e. The Morgan fingerprint density at radius 3 is 2.61 bits per heavy atom. The number of hydrogen-bond donors (Lipinski definition) is 3. The smallest absolute Gasteiger partial charge is 0.407 e. The number of alkyl carbamates (subject to hydrolysis) is 1. The van der Waals surface area contributed by atoms with Gasteiger partial charge in [-0.15, -0.1) is 0 Å². The van der Waals surface area contributed by atoms with E-state index in [0.717, 1.165) is 12.0 Å². The molecule has 38 heavy (non-hydrogen) atoms. The molecule has 2 fully saturated rings. The van der Waals surface area contributed by atoms with Gasteiger partial charge in [-0.2, -0.15) is 4.31 Å². The van der Waals surface area contributed by atoms with Gasteiger partial charge in [0.05, 0.1) is 36.2 Å². The van der Waals surface area contributed by atoms with Crippen molar-refractivity contribution in [1.82, 2.24) is 9.62 Å². The van der Waals surface area contributed by atoms with Crippen molar-refractivity contribution in [2.45, 2.75) is 56.1 Å². The van der Waals surface area contributed by atoms with E-state index in [9.17, 15) is 23.4 Å². The number of nitrogens with one attached hydrogen (secondary N) is 1. The lowest BCUT2D eigenvalue weighted by molar-refractivity contribution is -0.0907. The first-order valence-corrected chi connectivity index (χ1v) is 14.3. The van der Waals surface area contributed by atoms with Crippen LogP contribution in [0.3, 0.4) is 0 Å². The number of phenolic OH excluding ortho intramolecular Hbond substituents is 1. The van der Waals surface area contributed by atoms with Crippen LogP contribution >= 0.6 is 0 Å². The van der Waals surface area contributed by atoms with Crippen LogP contribution < -0.4 is 5.32 Å². The fraction of sp³-hybridized carbons (Fsp3) is 0.519. The lowest BCUT2D eigenvalue weighted by Gasteiger charge is -2.31. The number of benzene rings is 2. The number of hydrogen-bond acceptors (Lipinski definition) is 8. The first-order chi connectivity index (χ1) is 18.1. The summed E-state index contributed by atoms with van der Waals surface area (Å²) >= 11 is 0. The van der Waals surface area contributed by atoms with Gasteiger partial charge in [-0.3, -0.25) is 0 Å². The number of carbonyl (C=O) groups is 1. The highest BCUT2D eigenvalue weighted by Crippen LogP contribution is 2.33. The van der Waals surface area contributed by atoms with Crippen molar-refractivity contribution in [3.8, 4) is 5.75 Å². The SMILES string of the molecule is CC(C)CN(C[C@@H](O)[C@H](Cc1ccccc1)NC(=O)O[C@H]1COC2OCCC21)S(=O)(=O)c1cccc(O)c1. The molecule has 2 heterocycles. The molecule has 0 aromatic heterocycles. The van der Waals surface area contributed by atoms with E-state index in [1.165, 1.54) is 28.6 Å². The lowest BCUT2D eigenvalue weighted by Crippen LogP contribution is -2.51. The van der Waals surface area contributed by atoms with E-state index in [1.54, 1.807) is 0 Å². The number of sulfonamides is 1. The second-order valence-electron chi connectivity index (χ2n) is 10.2. The van der Waals surface area contributed by atoms with Crippen LogP contribution in [-0.4, -0.2) is 79.9 Å². The predicted octanol–water partition coefficient (Wildman–Crippen LogP) is 2.50. The average molecular weight is 549 g/mol. The number of nitrogens with zero attached hydrogens (tertiary/aromatic N) is 1. The molecule has 0 bridgehead atoms. The van der Waals surface area contributed by atoms with Gasteiger partial charge in [-0.1, -0.05) is 50.2 Å². The summed E-state index contributed by atoms with van der Waals surface area (Å²) in [7, 11) is -4.04. The monoisotopic (exact) mass is 548 g/mol. The molecule has 0 aliphatic carbocycles. The summed E-state index contributed by atoms with van der Waals surface area (Å²) in [6, 6.07) is 13.9. The van der Waals surface area contributed by atoms with Gasteiger partial charge in [0, 0.05) is 13.1 Å². The Kier molecular flexibility index (Phi) is 9.27. The van der Waals surface area contributed by atoms with Crippen LogP contribution in [0.2, 0.25) is 0 Å². The van der Waals surface area contributed by atoms with Crippen molar-refractivity contribution in [3.63, 3.8) is 0 Å². The second kappa shape index (κ2) is 12.4. The average Bonchev–Trinajstić information content (AvgIpc) is 3.49. The highest BCUT2D eigenvalue weighted by molar-refractivity contribution is 7.89. The van der Waals surface area contributed by atoms with Crippen LogP contribution in [-0.2, 0) is 30.7 Å². The molecule has 2 saturated heterocycles. The van der Waals surface area contributed by atoms with E-state index in [0.29, 0.717) is 6.61 Å². The highest BCUT2D eigenvalue weighted by Gasteiger charge is 2.44. The minimum absolute atomic E-state index is 0.0350. The Hall–Kier alpha value is -2.70. The molecular weight excluding hydrogens is 512 g/mol. The van der Waals surface area contributed by atoms with Gasteiger partial charge < -0.3 is 29.7 Å². The van der Waals surface area contributed by atoms with Crippen LogP contribution in [0, 0.1) is 11.8 Å². The number of ether oxygens (including phenoxy) is 3. The number of fused-ring (bicyclic) bond motifs is 1. The van der Waals surface area contributed by atoms with Gasteiger partial charge in [0.1, 0.15) is 11.9 Å². The van der Waals surface area contributed by atoms with E-state index in [-0.39, 0.29) is 54.9 Å². The second-order valence-corrected chi connectivity index (χ2v) is 12.1. The van der Waals surface area contributed by atoms with Crippen molar-refractivity contribution < 1.29 is 37.6 Å². The fourth-order valence-electron chi connectivity index (χ4n) is 4.83. The molecule has 11 heteroatoms. The van der Waals surface area contributed by atoms with Gasteiger partial charge >= 0.3 is 6.09 Å². The quantitative estimate of drug-likeness (QED) is 0.390. The Morgan fingerprint density at radius 1 is 1.13 bits per heavy atom. The van der Waals surface area contributed by atoms with Crippen molar-refractivity contribution in [1.29, 1.82) is 0 Å². The first kappa shape index (κ1) is 28.3. The summed E-state index contributed by atoms with van der Waals surface area (Å²) < 4.78 is 44.8. The van der Waals surface area contributed by atoms with Gasteiger partial charge in [0.25, 0.3) is 0 Å². The van der Waals surface area contributed by atoms with E-state index in [4.69, 9.17) is 14.2 Å². The summed E-state index contributed by atoms with van der Waals surface area (Å²) in [6.45, 7) is 4.40. The molecule has 2 aliphatic rings. The molecule has 2 aromatic carbocycles. The summed E-state index contributed by atoms with van der Waals surface area (Å²) in [5, 5.41) is 23.9. The van der Waals surface area contributed by atoms with Crippen LogP contribution in [0.25, 0.3) is 0 Å². The zero-order valence-corrected chi connectivity index (χ0v) is 22.4. The zero-order chi connectivity index (χ0) is 27.3. The highest BCUT2D eigenvalue weighted by atomic mass is 32.2. The molecule has 1 amide bonds. The van der Waals surface area contributed by atoms with Crippen LogP contribution in [0.5, 0.6) is 5.75 Å². The molecule has 2 aliphatic heterocycles. The normalized spacial score (nSPS) is 22.8. The van der Waals surface area contributed by atoms with Gasteiger partial charge in [0.15, 0.2) is 6.29 Å². The molecule has 2 aromatic rings. The van der Waals surface area contributed by atoms with Crippen molar-refractivity contribution in [2.24, 2.45) is 11.8 Å². The van der Waals surface area contributed by atoms with Crippen molar-refractivity contribution in [3.05, 3.63) is 60.2 Å². The summed E-state index contributed by atoms with van der Waals surface area (Å²) in [4.78, 5) is 12.8. The van der Waals surface area contributed by atoms with Crippen molar-refractivity contribution >= 4 is 16.1 Å². The molecule has 208 valence electrons. The van der Waals surface area contributed by atoms with Crippen LogP contribution in [0.4, 0.5) is 4.79 Å². The number of aliphatic hydroxyl groups excluding tert-OH is 1. The number of carbonyl (C=O) groups excluding carboxylic acids is 1. The van der Waals surface area contributed by atoms with E-state index in [1.807, 2.05) is 44.2 Å². The standard InChI is InChI=1S/C27H36N2O8S/c1-18(2)15-29(38(33,34)21-10-6-9-20(30)14-21)16-24(31)23(13-19-7-4-3-5-8-19)28-27(32)37-25-17-36-26-22(25)11-12-35-26/h3-10,14,18,22-26,30-31H,11-13,15-17H2,1-2H3,(H,28,32)/t22?,23-,24+,25-,26?/m0/s1. The Labute approximate surface area is 223 Å². The van der Waals surface area contributed by atoms with Gasteiger partial charge in [0.2, 0.25) is 10.0 Å². The molecule has 0 radical (unpaired) electrons. The number of rotatable bonds is 11. The molecule has 10 nitrogen and oxygen atoms in total. The third-order valence-electron chi connectivity index (χ3n) is 6.72. The van der Waals surface area contributed by atoms with E-state index in [2.05, 4.69) is 5.32 Å². The van der Waals surface area contributed by atoms with Crippen LogP contribution in [0.1, 0.15) is 25.8 Å². The third kappa shape index (κ3) is 7.03. The summed E-state index contributed by atoms with van der Waals surface area (Å²) in [5.74, 6) is -0.246. The minimum Gasteiger partial charge on any atom is -0.508 e. The Balaban J connectivity index is 1.51. The third-order valence-corrected chi connectivity index (χ3v) is 8.55. The molecule has 5 atom stereocenters. The first-order valence-electron chi connectivity index (χ1n) is 12.8. The molecule has 0 saturated carbocycles. The van der Waals surface area contributed by atoms with Crippen LogP contribution in [0.15, 0.2) is 59.5 Å². The van der Waals surface area contributed by atoms with Crippen molar-refractivity contribution in [2.75, 3.05) is 26.3 Å².